The Kier molecular flexibility index (Phi) is 7.52. The summed E-state index contributed by atoms with van der Waals surface area (Å²) >= 11 is 0. The Bertz CT molecular complexity index is 1150. The van der Waals surface area contributed by atoms with Crippen molar-refractivity contribution in [3.63, 3.8) is 0 Å². The lowest BCUT2D eigenvalue weighted by atomic mass is 9.80. The number of fused-ring (bicyclic) bond motifs is 1. The Morgan fingerprint density at radius 1 is 0.900 bits per heavy atom. The van der Waals surface area contributed by atoms with E-state index >= 15 is 0 Å². The summed E-state index contributed by atoms with van der Waals surface area (Å²) in [5.74, 6) is -4.57. The molecular weight excluding hydrogens is 520 g/mol. The number of hydrogen-bond acceptors (Lipinski definition) is 10. The van der Waals surface area contributed by atoms with Gasteiger partial charge in [0.05, 0.1) is 11.8 Å². The van der Waals surface area contributed by atoms with Gasteiger partial charge in [-0.15, -0.1) is 0 Å². The summed E-state index contributed by atoms with van der Waals surface area (Å²) in [6.07, 6.45) is -1.54. The van der Waals surface area contributed by atoms with Crippen molar-refractivity contribution < 1.29 is 47.7 Å². The van der Waals surface area contributed by atoms with E-state index in [0.29, 0.717) is 12.0 Å². The molecule has 222 valence electrons. The van der Waals surface area contributed by atoms with Crippen LogP contribution >= 0.6 is 0 Å². The summed E-state index contributed by atoms with van der Waals surface area (Å²) in [5.41, 5.74) is -2.63. The minimum absolute atomic E-state index is 0.223. The maximum Gasteiger partial charge on any atom is 0.309 e. The molecule has 0 spiro atoms. The van der Waals surface area contributed by atoms with Crippen LogP contribution in [-0.2, 0) is 47.7 Å². The van der Waals surface area contributed by atoms with Gasteiger partial charge in [-0.25, -0.2) is 0 Å². The number of carbonyl (C=O) groups excluding carboxylic acids is 5. The number of Topliss-reactive ketones (excluding diaryl/α,β-unsaturated/α-hetero) is 1. The molecule has 0 aromatic heterocycles. The molecule has 0 aromatic rings. The van der Waals surface area contributed by atoms with Gasteiger partial charge in [-0.3, -0.25) is 24.0 Å². The fraction of sp³-hybridized carbons (Fsp3) is 0.767. The zero-order chi connectivity index (χ0) is 30.1. The van der Waals surface area contributed by atoms with Gasteiger partial charge < -0.3 is 23.7 Å². The number of ether oxygens (including phenoxy) is 5. The number of esters is 4. The number of carbonyl (C=O) groups is 5. The molecular formula is C30H42O10. The monoisotopic (exact) mass is 562 g/mol. The average molecular weight is 563 g/mol. The molecule has 0 aromatic carbocycles. The van der Waals surface area contributed by atoms with E-state index in [1.165, 1.54) is 20.8 Å². The smallest absolute Gasteiger partial charge is 0.309 e. The predicted molar refractivity (Wildman–Crippen MR) is 140 cm³/mol. The van der Waals surface area contributed by atoms with E-state index in [1.54, 1.807) is 33.8 Å². The molecule has 0 unspecified atom stereocenters. The number of ketones is 1. The lowest BCUT2D eigenvalue weighted by Crippen LogP contribution is -2.43. The van der Waals surface area contributed by atoms with Crippen molar-refractivity contribution >= 4 is 29.7 Å². The molecule has 1 saturated heterocycles. The van der Waals surface area contributed by atoms with E-state index in [2.05, 4.69) is 0 Å². The third-order valence-electron chi connectivity index (χ3n) is 9.29. The van der Waals surface area contributed by atoms with Crippen LogP contribution in [0.1, 0.15) is 75.7 Å². The molecule has 40 heavy (non-hydrogen) atoms. The van der Waals surface area contributed by atoms with Crippen LogP contribution in [0.5, 0.6) is 0 Å². The molecule has 10 heteroatoms. The summed E-state index contributed by atoms with van der Waals surface area (Å²) in [6, 6.07) is 0. The third kappa shape index (κ3) is 4.65. The molecule has 0 amide bonds. The van der Waals surface area contributed by atoms with E-state index in [9.17, 15) is 24.0 Å². The maximum atomic E-state index is 14.3. The van der Waals surface area contributed by atoms with Crippen molar-refractivity contribution in [1.29, 1.82) is 0 Å². The minimum atomic E-state index is -1.31. The lowest BCUT2D eigenvalue weighted by molar-refractivity contribution is -0.169. The van der Waals surface area contributed by atoms with Crippen molar-refractivity contribution in [1.82, 2.24) is 0 Å². The molecule has 0 N–H and O–H groups in total. The molecule has 0 bridgehead atoms. The quantitative estimate of drug-likeness (QED) is 0.212. The van der Waals surface area contributed by atoms with Gasteiger partial charge in [0.15, 0.2) is 23.1 Å². The zero-order valence-corrected chi connectivity index (χ0v) is 25.1. The Morgan fingerprint density at radius 3 is 1.95 bits per heavy atom. The molecule has 2 saturated carbocycles. The Morgan fingerprint density at radius 2 is 1.43 bits per heavy atom. The van der Waals surface area contributed by atoms with E-state index in [-0.39, 0.29) is 17.6 Å². The Labute approximate surface area is 235 Å². The first-order valence-electron chi connectivity index (χ1n) is 14.1. The highest BCUT2D eigenvalue weighted by atomic mass is 16.7. The molecule has 3 fully saturated rings. The highest BCUT2D eigenvalue weighted by Crippen LogP contribution is 2.68. The van der Waals surface area contributed by atoms with Crippen LogP contribution in [0.2, 0.25) is 0 Å². The van der Waals surface area contributed by atoms with E-state index in [4.69, 9.17) is 23.7 Å². The number of rotatable bonds is 5. The van der Waals surface area contributed by atoms with Crippen LogP contribution in [0.25, 0.3) is 0 Å². The Balaban J connectivity index is 1.95. The van der Waals surface area contributed by atoms with Gasteiger partial charge in [0.1, 0.15) is 18.3 Å². The van der Waals surface area contributed by atoms with E-state index < -0.39 is 82.7 Å². The van der Waals surface area contributed by atoms with Gasteiger partial charge in [0, 0.05) is 32.6 Å². The minimum Gasteiger partial charge on any atom is -0.461 e. The SMILES string of the molecule is CC(=O)O[C@@H]1[C@@H]2[C@H]([C@H](OC(C)=O)[C@H](OC(=O)C(C)C)/C(C)=C/[C@@]34O[C@@]3(C[C@@H](C)[C@@H]4OC(C)=O)C(=O)[C@@H]1C)C2(C)C. The van der Waals surface area contributed by atoms with Crippen LogP contribution in [-0.4, -0.2) is 65.3 Å². The third-order valence-corrected chi connectivity index (χ3v) is 9.29. The summed E-state index contributed by atoms with van der Waals surface area (Å²) in [6.45, 7) is 16.6. The molecule has 10 atom stereocenters. The predicted octanol–water partition coefficient (Wildman–Crippen LogP) is 3.33. The molecule has 0 radical (unpaired) electrons. The second-order valence-corrected chi connectivity index (χ2v) is 13.0. The second kappa shape index (κ2) is 9.96. The number of hydrogen-bond donors (Lipinski definition) is 0. The van der Waals surface area contributed by atoms with Crippen LogP contribution in [0.15, 0.2) is 11.6 Å². The van der Waals surface area contributed by atoms with E-state index in [0.717, 1.165) is 0 Å². The second-order valence-electron chi connectivity index (χ2n) is 13.0. The lowest BCUT2D eigenvalue weighted by Gasteiger charge is -2.31. The van der Waals surface area contributed by atoms with Crippen molar-refractivity contribution in [3.05, 3.63) is 11.6 Å². The largest absolute Gasteiger partial charge is 0.461 e. The standard InChI is InChI=1S/C30H42O10/c1-13(2)27(35)39-22-14(3)11-30-26(38-19(8)33)15(4)12-29(30,40-30)25(34)16(5)23(36-17(6)31)20-21(28(20,9)10)24(22)37-18(7)32/h11,13,15-16,20-24,26H,12H2,1-10H3/b14-11+/t15-,16-,20+,21-,22-,23+,24+,26+,29+,30+/m1/s1. The summed E-state index contributed by atoms with van der Waals surface area (Å²) in [4.78, 5) is 64.1. The number of epoxide rings is 1. The first kappa shape index (κ1) is 30.2. The normalized spacial score (nSPS) is 42.6. The molecule has 1 heterocycles. The fourth-order valence-electron chi connectivity index (χ4n) is 7.47. The van der Waals surface area contributed by atoms with Crippen LogP contribution in [0, 0.1) is 35.0 Å². The van der Waals surface area contributed by atoms with Crippen molar-refractivity contribution in [2.24, 2.45) is 35.0 Å². The molecule has 4 aliphatic rings. The highest BCUT2D eigenvalue weighted by molar-refractivity contribution is 5.96. The topological polar surface area (TPSA) is 135 Å². The fourth-order valence-corrected chi connectivity index (χ4v) is 7.47. The van der Waals surface area contributed by atoms with Gasteiger partial charge >= 0.3 is 23.9 Å². The molecule has 1 aliphatic heterocycles. The van der Waals surface area contributed by atoms with Crippen molar-refractivity contribution in [2.75, 3.05) is 0 Å². The molecule has 3 aliphatic carbocycles. The summed E-state index contributed by atoms with van der Waals surface area (Å²) < 4.78 is 29.8. The summed E-state index contributed by atoms with van der Waals surface area (Å²) in [7, 11) is 0. The first-order valence-corrected chi connectivity index (χ1v) is 14.1. The molecule has 10 nitrogen and oxygen atoms in total. The van der Waals surface area contributed by atoms with Gasteiger partial charge in [0.25, 0.3) is 0 Å². The average Bonchev–Trinajstić information content (AvgIpc) is 3.61. The van der Waals surface area contributed by atoms with Crippen LogP contribution in [0.4, 0.5) is 0 Å². The van der Waals surface area contributed by atoms with Crippen LogP contribution < -0.4 is 0 Å². The van der Waals surface area contributed by atoms with Crippen LogP contribution in [0.3, 0.4) is 0 Å². The van der Waals surface area contributed by atoms with Gasteiger partial charge in [-0.05, 0) is 36.3 Å². The zero-order valence-electron chi connectivity index (χ0n) is 25.1. The Hall–Kier alpha value is -2.75. The van der Waals surface area contributed by atoms with E-state index in [1.807, 2.05) is 20.8 Å². The van der Waals surface area contributed by atoms with Crippen molar-refractivity contribution in [2.45, 2.75) is 111 Å². The van der Waals surface area contributed by atoms with Gasteiger partial charge in [0.2, 0.25) is 0 Å². The first-order chi connectivity index (χ1) is 18.4. The molecule has 4 rings (SSSR count). The summed E-state index contributed by atoms with van der Waals surface area (Å²) in [5, 5.41) is 0. The van der Waals surface area contributed by atoms with Crippen molar-refractivity contribution in [3.8, 4) is 0 Å². The maximum absolute atomic E-state index is 14.3. The van der Waals surface area contributed by atoms with Gasteiger partial charge in [-0.1, -0.05) is 41.5 Å². The van der Waals surface area contributed by atoms with Gasteiger partial charge in [-0.2, -0.15) is 0 Å². The highest BCUT2D eigenvalue weighted by Gasteiger charge is 2.84.